The highest BCUT2D eigenvalue weighted by molar-refractivity contribution is 7.85. The molecule has 1 saturated carbocycles. The van der Waals surface area contributed by atoms with Crippen LogP contribution in [0.5, 0.6) is 0 Å². The van der Waals surface area contributed by atoms with E-state index < -0.39 is 10.8 Å². The van der Waals surface area contributed by atoms with Gasteiger partial charge in [0.05, 0.1) is 0 Å². The van der Waals surface area contributed by atoms with Gasteiger partial charge < -0.3 is 10.6 Å². The Morgan fingerprint density at radius 2 is 2.24 bits per heavy atom. The topological polar surface area (TPSA) is 53.5 Å². The van der Waals surface area contributed by atoms with E-state index in [4.69, 9.17) is 11.6 Å². The highest BCUT2D eigenvalue weighted by Crippen LogP contribution is 2.23. The molecule has 0 heterocycles. The second-order valence-corrected chi connectivity index (χ2v) is 8.70. The first-order chi connectivity index (χ1) is 12.0. The quantitative estimate of drug-likeness (QED) is 0.581. The summed E-state index contributed by atoms with van der Waals surface area (Å²) in [5.41, 5.74) is 0.905. The molecule has 2 N–H and O–H groups in total. The van der Waals surface area contributed by atoms with Crippen LogP contribution >= 0.6 is 11.6 Å². The zero-order valence-electron chi connectivity index (χ0n) is 14.9. The molecule has 7 heteroatoms. The molecule has 1 fully saturated rings. The first-order valence-electron chi connectivity index (χ1n) is 8.81. The van der Waals surface area contributed by atoms with Gasteiger partial charge in [-0.15, -0.1) is 0 Å². The molecule has 25 heavy (non-hydrogen) atoms. The van der Waals surface area contributed by atoms with Gasteiger partial charge >= 0.3 is 0 Å². The molecule has 4 nitrogen and oxygen atoms in total. The van der Waals surface area contributed by atoms with Crippen LogP contribution in [0, 0.1) is 5.82 Å². The molecule has 1 aliphatic rings. The highest BCUT2D eigenvalue weighted by atomic mass is 35.5. The number of hydrogen-bond donors (Lipinski definition) is 2. The number of rotatable bonds is 6. The molecule has 1 aliphatic carbocycles. The SMILES string of the molecule is CCS(=O)C1CCCC(NC(=NC)NCCc2ccc(F)cc2Cl)C1. The Labute approximate surface area is 157 Å². The lowest BCUT2D eigenvalue weighted by molar-refractivity contribution is 0.413. The van der Waals surface area contributed by atoms with Crippen molar-refractivity contribution in [1.82, 2.24) is 10.6 Å². The van der Waals surface area contributed by atoms with Crippen molar-refractivity contribution in [3.8, 4) is 0 Å². The van der Waals surface area contributed by atoms with Gasteiger partial charge in [-0.3, -0.25) is 9.20 Å². The van der Waals surface area contributed by atoms with Gasteiger partial charge in [-0.2, -0.15) is 0 Å². The average molecular weight is 388 g/mol. The Morgan fingerprint density at radius 1 is 1.44 bits per heavy atom. The first kappa shape index (κ1) is 20.2. The number of guanidine groups is 1. The van der Waals surface area contributed by atoms with Gasteiger partial charge in [0.15, 0.2) is 5.96 Å². The van der Waals surface area contributed by atoms with E-state index in [1.54, 1.807) is 13.1 Å². The zero-order chi connectivity index (χ0) is 18.2. The molecule has 1 aromatic rings. The Morgan fingerprint density at radius 3 is 2.92 bits per heavy atom. The Kier molecular flexibility index (Phi) is 8.16. The predicted octanol–water partition coefficient (Wildman–Crippen LogP) is 3.27. The van der Waals surface area contributed by atoms with Crippen molar-refractivity contribution in [2.24, 2.45) is 4.99 Å². The van der Waals surface area contributed by atoms with Crippen LogP contribution in [0.25, 0.3) is 0 Å². The lowest BCUT2D eigenvalue weighted by Crippen LogP contribution is -2.47. The van der Waals surface area contributed by atoms with Crippen molar-refractivity contribution in [2.75, 3.05) is 19.3 Å². The van der Waals surface area contributed by atoms with Crippen LogP contribution in [-0.2, 0) is 17.2 Å². The number of benzene rings is 1. The monoisotopic (exact) mass is 387 g/mol. The summed E-state index contributed by atoms with van der Waals surface area (Å²) in [5.74, 6) is 1.14. The summed E-state index contributed by atoms with van der Waals surface area (Å²) in [6, 6.07) is 4.76. The molecule has 2 rings (SSSR count). The van der Waals surface area contributed by atoms with Crippen LogP contribution in [-0.4, -0.2) is 40.8 Å². The average Bonchev–Trinajstić information content (AvgIpc) is 2.62. The lowest BCUT2D eigenvalue weighted by Gasteiger charge is -2.30. The van der Waals surface area contributed by atoms with Gasteiger partial charge in [-0.25, -0.2) is 4.39 Å². The number of nitrogens with zero attached hydrogens (tertiary/aromatic N) is 1. The minimum absolute atomic E-state index is 0.285. The zero-order valence-corrected chi connectivity index (χ0v) is 16.4. The van der Waals surface area contributed by atoms with E-state index in [1.165, 1.54) is 12.1 Å². The molecule has 0 saturated heterocycles. The summed E-state index contributed by atoms with van der Waals surface area (Å²) in [6.07, 6.45) is 4.82. The molecule has 0 amide bonds. The van der Waals surface area contributed by atoms with Crippen LogP contribution in [0.3, 0.4) is 0 Å². The van der Waals surface area contributed by atoms with Crippen molar-refractivity contribution in [2.45, 2.75) is 50.3 Å². The maximum Gasteiger partial charge on any atom is 0.191 e. The number of halogens is 2. The summed E-state index contributed by atoms with van der Waals surface area (Å²) in [6.45, 7) is 2.64. The lowest BCUT2D eigenvalue weighted by atomic mass is 9.95. The van der Waals surface area contributed by atoms with Crippen LogP contribution in [0.2, 0.25) is 5.02 Å². The van der Waals surface area contributed by atoms with E-state index in [9.17, 15) is 8.60 Å². The fraction of sp³-hybridized carbons (Fsp3) is 0.611. The molecular formula is C18H27ClFN3OS. The minimum Gasteiger partial charge on any atom is -0.356 e. The second-order valence-electron chi connectivity index (χ2n) is 6.28. The first-order valence-corrected chi connectivity index (χ1v) is 10.6. The summed E-state index contributed by atoms with van der Waals surface area (Å²) < 4.78 is 25.1. The smallest absolute Gasteiger partial charge is 0.191 e. The van der Waals surface area contributed by atoms with Crippen LogP contribution in [0.1, 0.15) is 38.2 Å². The van der Waals surface area contributed by atoms with Gasteiger partial charge in [-0.05, 0) is 43.4 Å². The number of nitrogens with one attached hydrogen (secondary N) is 2. The Balaban J connectivity index is 1.81. The molecule has 0 aliphatic heterocycles. The molecule has 3 unspecified atom stereocenters. The van der Waals surface area contributed by atoms with E-state index in [-0.39, 0.29) is 11.1 Å². The minimum atomic E-state index is -0.731. The van der Waals surface area contributed by atoms with Gasteiger partial charge in [0.2, 0.25) is 0 Å². The molecule has 0 radical (unpaired) electrons. The van der Waals surface area contributed by atoms with Gasteiger partial charge in [-0.1, -0.05) is 31.0 Å². The fourth-order valence-corrected chi connectivity index (χ4v) is 4.79. The van der Waals surface area contributed by atoms with Gasteiger partial charge in [0, 0.05) is 46.5 Å². The number of aliphatic imine (C=N–C) groups is 1. The van der Waals surface area contributed by atoms with Crippen molar-refractivity contribution in [3.05, 3.63) is 34.6 Å². The normalized spacial score (nSPS) is 22.5. The summed E-state index contributed by atoms with van der Waals surface area (Å²) in [7, 11) is 1.01. The molecule has 0 aromatic heterocycles. The van der Waals surface area contributed by atoms with Crippen molar-refractivity contribution in [1.29, 1.82) is 0 Å². The third-order valence-corrected chi connectivity index (χ3v) is 6.64. The second kappa shape index (κ2) is 10.1. The van der Waals surface area contributed by atoms with E-state index in [0.29, 0.717) is 24.0 Å². The Hall–Kier alpha value is -1.14. The predicted molar refractivity (Wildman–Crippen MR) is 104 cm³/mol. The van der Waals surface area contributed by atoms with E-state index in [1.807, 2.05) is 6.92 Å². The van der Waals surface area contributed by atoms with Crippen LogP contribution < -0.4 is 10.6 Å². The van der Waals surface area contributed by atoms with Gasteiger partial charge in [0.25, 0.3) is 0 Å². The van der Waals surface area contributed by atoms with E-state index in [2.05, 4.69) is 15.6 Å². The fourth-order valence-electron chi connectivity index (χ4n) is 3.18. The largest absolute Gasteiger partial charge is 0.356 e. The Bertz CT molecular complexity index is 626. The van der Waals surface area contributed by atoms with Gasteiger partial charge in [0.1, 0.15) is 5.82 Å². The molecule has 3 atom stereocenters. The third-order valence-electron chi connectivity index (χ3n) is 4.55. The van der Waals surface area contributed by atoms with Crippen molar-refractivity contribution in [3.63, 3.8) is 0 Å². The molecular weight excluding hydrogens is 361 g/mol. The standard InChI is InChI=1S/C18H27ClFN3OS/c1-3-25(24)16-6-4-5-15(12-16)23-18(21-2)22-10-9-13-7-8-14(20)11-17(13)19/h7-8,11,15-16H,3-6,9-10,12H2,1-2H3,(H2,21,22,23). The molecule has 140 valence electrons. The summed E-state index contributed by atoms with van der Waals surface area (Å²) in [4.78, 5) is 4.27. The maximum atomic E-state index is 13.1. The molecule has 1 aromatic carbocycles. The van der Waals surface area contributed by atoms with E-state index in [0.717, 1.165) is 43.0 Å². The van der Waals surface area contributed by atoms with Crippen LogP contribution in [0.4, 0.5) is 4.39 Å². The maximum absolute atomic E-state index is 13.1. The van der Waals surface area contributed by atoms with E-state index >= 15 is 0 Å². The van der Waals surface area contributed by atoms with Crippen molar-refractivity contribution >= 4 is 28.4 Å². The number of hydrogen-bond acceptors (Lipinski definition) is 2. The third kappa shape index (κ3) is 6.26. The summed E-state index contributed by atoms with van der Waals surface area (Å²) >= 11 is 6.05. The summed E-state index contributed by atoms with van der Waals surface area (Å²) in [5, 5.41) is 7.44. The highest BCUT2D eigenvalue weighted by Gasteiger charge is 2.25. The molecule has 0 spiro atoms. The molecule has 0 bridgehead atoms. The van der Waals surface area contributed by atoms with Crippen molar-refractivity contribution < 1.29 is 8.60 Å². The van der Waals surface area contributed by atoms with Crippen LogP contribution in [0.15, 0.2) is 23.2 Å².